The van der Waals surface area contributed by atoms with Crippen molar-refractivity contribution in [3.63, 3.8) is 0 Å². The Hall–Kier alpha value is -3.00. The molecule has 0 amide bonds. The second-order valence-corrected chi connectivity index (χ2v) is 5.45. The van der Waals surface area contributed by atoms with E-state index in [0.29, 0.717) is 0 Å². The molecule has 3 aromatic carbocycles. The van der Waals surface area contributed by atoms with E-state index in [1.54, 1.807) is 12.1 Å². The van der Waals surface area contributed by atoms with Crippen molar-refractivity contribution in [1.29, 1.82) is 0 Å². The number of pyridine rings is 1. The van der Waals surface area contributed by atoms with E-state index < -0.39 is 0 Å². The van der Waals surface area contributed by atoms with Crippen LogP contribution >= 0.6 is 0 Å². The molecule has 0 atom stereocenters. The van der Waals surface area contributed by atoms with Gasteiger partial charge in [0.05, 0.1) is 11.4 Å². The smallest absolute Gasteiger partial charge is 0.123 e. The van der Waals surface area contributed by atoms with Crippen LogP contribution in [0.1, 0.15) is 0 Å². The summed E-state index contributed by atoms with van der Waals surface area (Å²) < 4.78 is 13.2. The van der Waals surface area contributed by atoms with Crippen molar-refractivity contribution < 1.29 is 4.39 Å². The Labute approximate surface area is 134 Å². The van der Waals surface area contributed by atoms with Gasteiger partial charge < -0.3 is 0 Å². The number of nitrogens with zero attached hydrogens (tertiary/aromatic N) is 1. The van der Waals surface area contributed by atoms with Crippen LogP contribution < -0.4 is 0 Å². The molecule has 0 saturated heterocycles. The van der Waals surface area contributed by atoms with Crippen LogP contribution in [-0.4, -0.2) is 4.98 Å². The normalized spacial score (nSPS) is 10.8. The fourth-order valence-electron chi connectivity index (χ4n) is 2.78. The van der Waals surface area contributed by atoms with E-state index in [9.17, 15) is 4.39 Å². The van der Waals surface area contributed by atoms with Crippen LogP contribution in [0.2, 0.25) is 0 Å². The number of hydrogen-bond donors (Lipinski definition) is 0. The van der Waals surface area contributed by atoms with E-state index in [1.165, 1.54) is 12.1 Å². The Kier molecular flexibility index (Phi) is 3.35. The molecule has 0 saturated carbocycles. The molecule has 1 aromatic heterocycles. The summed E-state index contributed by atoms with van der Waals surface area (Å²) in [5, 5.41) is 2.24. The molecule has 0 aliphatic heterocycles. The number of hydrogen-bond acceptors (Lipinski definition) is 1. The maximum Gasteiger partial charge on any atom is 0.123 e. The quantitative estimate of drug-likeness (QED) is 0.462. The van der Waals surface area contributed by atoms with E-state index in [1.807, 2.05) is 30.3 Å². The van der Waals surface area contributed by atoms with Crippen molar-refractivity contribution in [2.45, 2.75) is 0 Å². The lowest BCUT2D eigenvalue weighted by molar-refractivity contribution is 0.628. The van der Waals surface area contributed by atoms with Gasteiger partial charge >= 0.3 is 0 Å². The zero-order chi connectivity index (χ0) is 15.6. The molecule has 1 heterocycles. The van der Waals surface area contributed by atoms with Crippen molar-refractivity contribution in [3.8, 4) is 22.5 Å². The number of rotatable bonds is 2. The lowest BCUT2D eigenvalue weighted by Crippen LogP contribution is -1.91. The molecule has 0 spiro atoms. The average Bonchev–Trinajstić information content (AvgIpc) is 2.62. The minimum absolute atomic E-state index is 0.238. The van der Waals surface area contributed by atoms with Gasteiger partial charge in [-0.15, -0.1) is 0 Å². The molecule has 0 fully saturated rings. The van der Waals surface area contributed by atoms with Gasteiger partial charge in [0.2, 0.25) is 0 Å². The van der Waals surface area contributed by atoms with Crippen LogP contribution in [-0.2, 0) is 0 Å². The molecule has 2 heteroatoms. The highest BCUT2D eigenvalue weighted by Gasteiger charge is 2.09. The standard InChI is InChI=1S/C21H14FN/c22-18-12-10-15(11-13-18)20-14-17-8-4-5-9-19(17)21(23-20)16-6-2-1-3-7-16/h1-14H. The highest BCUT2D eigenvalue weighted by Crippen LogP contribution is 2.31. The van der Waals surface area contributed by atoms with E-state index in [2.05, 4.69) is 30.3 Å². The molecule has 0 bridgehead atoms. The van der Waals surface area contributed by atoms with Crippen molar-refractivity contribution in [2.24, 2.45) is 0 Å². The highest BCUT2D eigenvalue weighted by atomic mass is 19.1. The van der Waals surface area contributed by atoms with Crippen LogP contribution in [0.5, 0.6) is 0 Å². The molecule has 0 radical (unpaired) electrons. The Morgan fingerprint density at radius 1 is 0.652 bits per heavy atom. The van der Waals surface area contributed by atoms with Gasteiger partial charge in [-0.05, 0) is 35.7 Å². The maximum atomic E-state index is 13.2. The monoisotopic (exact) mass is 299 g/mol. The molecule has 4 rings (SSSR count). The van der Waals surface area contributed by atoms with E-state index >= 15 is 0 Å². The molecule has 0 aliphatic carbocycles. The van der Waals surface area contributed by atoms with Crippen molar-refractivity contribution in [2.75, 3.05) is 0 Å². The predicted octanol–water partition coefficient (Wildman–Crippen LogP) is 5.71. The minimum Gasteiger partial charge on any atom is -0.247 e. The molecular formula is C21H14FN. The first-order valence-electron chi connectivity index (χ1n) is 7.52. The van der Waals surface area contributed by atoms with Crippen LogP contribution in [0.25, 0.3) is 33.3 Å². The van der Waals surface area contributed by atoms with Gasteiger partial charge in [0.25, 0.3) is 0 Å². The molecule has 23 heavy (non-hydrogen) atoms. The Morgan fingerprint density at radius 3 is 2.13 bits per heavy atom. The summed E-state index contributed by atoms with van der Waals surface area (Å²) in [4.78, 5) is 4.85. The zero-order valence-electron chi connectivity index (χ0n) is 12.4. The van der Waals surface area contributed by atoms with Crippen molar-refractivity contribution in [3.05, 3.63) is 90.7 Å². The second kappa shape index (κ2) is 5.65. The first kappa shape index (κ1) is 13.6. The summed E-state index contributed by atoms with van der Waals surface area (Å²) in [6.07, 6.45) is 0. The Morgan fingerprint density at radius 2 is 1.35 bits per heavy atom. The fourth-order valence-corrected chi connectivity index (χ4v) is 2.78. The summed E-state index contributed by atoms with van der Waals surface area (Å²) in [7, 11) is 0. The third-order valence-electron chi connectivity index (χ3n) is 3.93. The van der Waals surface area contributed by atoms with Crippen LogP contribution in [0.3, 0.4) is 0 Å². The molecule has 4 aromatic rings. The summed E-state index contributed by atoms with van der Waals surface area (Å²) >= 11 is 0. The van der Waals surface area contributed by atoms with Gasteiger partial charge in [0.15, 0.2) is 0 Å². The van der Waals surface area contributed by atoms with Crippen LogP contribution in [0, 0.1) is 5.82 Å². The zero-order valence-corrected chi connectivity index (χ0v) is 12.4. The number of halogens is 1. The molecule has 110 valence electrons. The average molecular weight is 299 g/mol. The van der Waals surface area contributed by atoms with Gasteiger partial charge in [0.1, 0.15) is 5.82 Å². The van der Waals surface area contributed by atoms with E-state index in [-0.39, 0.29) is 5.82 Å². The first-order valence-corrected chi connectivity index (χ1v) is 7.52. The Balaban J connectivity index is 1.99. The molecular weight excluding hydrogens is 285 g/mol. The Bertz CT molecular complexity index is 960. The van der Waals surface area contributed by atoms with Gasteiger partial charge in [-0.2, -0.15) is 0 Å². The lowest BCUT2D eigenvalue weighted by atomic mass is 10.0. The van der Waals surface area contributed by atoms with Gasteiger partial charge in [-0.25, -0.2) is 9.37 Å². The number of benzene rings is 3. The first-order chi connectivity index (χ1) is 11.3. The fraction of sp³-hybridized carbons (Fsp3) is 0. The van der Waals surface area contributed by atoms with Gasteiger partial charge in [-0.1, -0.05) is 54.6 Å². The topological polar surface area (TPSA) is 12.9 Å². The van der Waals surface area contributed by atoms with E-state index in [0.717, 1.165) is 33.3 Å². The molecule has 0 unspecified atom stereocenters. The number of fused-ring (bicyclic) bond motifs is 1. The van der Waals surface area contributed by atoms with Gasteiger partial charge in [-0.3, -0.25) is 0 Å². The summed E-state index contributed by atoms with van der Waals surface area (Å²) in [5.41, 5.74) is 3.78. The minimum atomic E-state index is -0.238. The molecule has 0 aliphatic rings. The summed E-state index contributed by atoms with van der Waals surface area (Å²) in [6.45, 7) is 0. The third-order valence-corrected chi connectivity index (χ3v) is 3.93. The van der Waals surface area contributed by atoms with Crippen molar-refractivity contribution >= 4 is 10.8 Å². The van der Waals surface area contributed by atoms with E-state index in [4.69, 9.17) is 4.98 Å². The number of aromatic nitrogens is 1. The SMILES string of the molecule is Fc1ccc(-c2cc3ccccc3c(-c3ccccc3)n2)cc1. The van der Waals surface area contributed by atoms with Gasteiger partial charge in [0, 0.05) is 16.5 Å². The highest BCUT2D eigenvalue weighted by molar-refractivity contribution is 5.96. The van der Waals surface area contributed by atoms with Crippen molar-refractivity contribution in [1.82, 2.24) is 4.98 Å². The third kappa shape index (κ3) is 2.59. The predicted molar refractivity (Wildman–Crippen MR) is 92.6 cm³/mol. The van der Waals surface area contributed by atoms with Crippen LogP contribution in [0.4, 0.5) is 4.39 Å². The second-order valence-electron chi connectivity index (χ2n) is 5.45. The largest absolute Gasteiger partial charge is 0.247 e. The lowest BCUT2D eigenvalue weighted by Gasteiger charge is -2.10. The van der Waals surface area contributed by atoms with Crippen LogP contribution in [0.15, 0.2) is 84.9 Å². The molecule has 0 N–H and O–H groups in total. The maximum absolute atomic E-state index is 13.2. The summed E-state index contributed by atoms with van der Waals surface area (Å²) in [5.74, 6) is -0.238. The summed E-state index contributed by atoms with van der Waals surface area (Å²) in [6, 6.07) is 26.9. The molecule has 1 nitrogen and oxygen atoms in total.